The molecule has 1 nitrogen and oxygen atoms in total. The smallest absolute Gasteiger partial charge is 0.160 e. The highest BCUT2D eigenvalue weighted by Gasteiger charge is 2.03. The van der Waals surface area contributed by atoms with Gasteiger partial charge in [-0.25, -0.2) is 0 Å². The molecular formula is C7H3BrOS2. The van der Waals surface area contributed by atoms with Crippen molar-refractivity contribution in [2.45, 2.75) is 0 Å². The Hall–Kier alpha value is -0.190. The molecule has 0 saturated heterocycles. The standard InChI is InChI=1S/C7H3BrOS2/c8-6-2-4-1-5(3-9)10-7(4)11-6/h1-3H. The van der Waals surface area contributed by atoms with E-state index in [0.717, 1.165) is 20.3 Å². The van der Waals surface area contributed by atoms with Crippen molar-refractivity contribution < 1.29 is 4.79 Å². The SMILES string of the molecule is O=Cc1cc2cc(Br)sc2s1. The number of aldehydes is 1. The van der Waals surface area contributed by atoms with Gasteiger partial charge in [-0.3, -0.25) is 4.79 Å². The van der Waals surface area contributed by atoms with Gasteiger partial charge in [0.15, 0.2) is 6.29 Å². The van der Waals surface area contributed by atoms with Crippen LogP contribution in [0.4, 0.5) is 0 Å². The third kappa shape index (κ3) is 1.26. The van der Waals surface area contributed by atoms with Crippen molar-refractivity contribution in [1.29, 1.82) is 0 Å². The fraction of sp³-hybridized carbons (Fsp3) is 0. The van der Waals surface area contributed by atoms with Gasteiger partial charge in [0.25, 0.3) is 0 Å². The maximum atomic E-state index is 10.4. The molecule has 2 aromatic rings. The minimum atomic E-state index is 0.804. The number of carbonyl (C=O) groups excluding carboxylic acids is 1. The molecule has 0 radical (unpaired) electrons. The minimum Gasteiger partial charge on any atom is -0.297 e. The van der Waals surface area contributed by atoms with Gasteiger partial charge in [-0.15, -0.1) is 22.7 Å². The number of thiophene rings is 2. The van der Waals surface area contributed by atoms with Crippen molar-refractivity contribution in [1.82, 2.24) is 0 Å². The van der Waals surface area contributed by atoms with Crippen LogP contribution in [0.5, 0.6) is 0 Å². The zero-order valence-corrected chi connectivity index (χ0v) is 8.55. The molecule has 0 atom stereocenters. The fourth-order valence-corrected chi connectivity index (χ4v) is 3.95. The number of halogens is 1. The van der Waals surface area contributed by atoms with Crippen LogP contribution in [0.25, 0.3) is 9.40 Å². The first-order valence-corrected chi connectivity index (χ1v) is 5.36. The molecule has 0 aliphatic rings. The summed E-state index contributed by atoms with van der Waals surface area (Å²) in [6, 6.07) is 3.94. The summed E-state index contributed by atoms with van der Waals surface area (Å²) < 4.78 is 2.33. The molecule has 0 aliphatic carbocycles. The largest absolute Gasteiger partial charge is 0.297 e. The van der Waals surface area contributed by atoms with E-state index in [9.17, 15) is 4.79 Å². The van der Waals surface area contributed by atoms with Crippen LogP contribution in [0.2, 0.25) is 0 Å². The predicted octanol–water partition coefficient (Wildman–Crippen LogP) is 3.54. The third-order valence-electron chi connectivity index (χ3n) is 1.32. The highest BCUT2D eigenvalue weighted by Crippen LogP contribution is 2.35. The van der Waals surface area contributed by atoms with Crippen molar-refractivity contribution >= 4 is 54.3 Å². The zero-order chi connectivity index (χ0) is 7.84. The predicted molar refractivity (Wildman–Crippen MR) is 52.8 cm³/mol. The van der Waals surface area contributed by atoms with Crippen molar-refractivity contribution in [2.75, 3.05) is 0 Å². The van der Waals surface area contributed by atoms with Crippen LogP contribution in [-0.4, -0.2) is 6.29 Å². The average Bonchev–Trinajstić information content (AvgIpc) is 2.43. The second-order valence-electron chi connectivity index (χ2n) is 2.06. The summed E-state index contributed by atoms with van der Waals surface area (Å²) in [5, 5.41) is 1.16. The van der Waals surface area contributed by atoms with Gasteiger partial charge in [-0.2, -0.15) is 0 Å². The van der Waals surface area contributed by atoms with Gasteiger partial charge in [-0.1, -0.05) is 0 Å². The Labute approximate surface area is 79.8 Å². The molecule has 0 aromatic carbocycles. The molecular weight excluding hydrogens is 244 g/mol. The second-order valence-corrected chi connectivity index (χ2v) is 5.83. The van der Waals surface area contributed by atoms with Crippen molar-refractivity contribution in [3.8, 4) is 0 Å². The first-order valence-electron chi connectivity index (χ1n) is 2.93. The summed E-state index contributed by atoms with van der Waals surface area (Å²) in [7, 11) is 0. The molecule has 11 heavy (non-hydrogen) atoms. The lowest BCUT2D eigenvalue weighted by Gasteiger charge is -1.73. The summed E-state index contributed by atoms with van der Waals surface area (Å²) >= 11 is 6.59. The summed E-state index contributed by atoms with van der Waals surface area (Å²) in [5.41, 5.74) is 0. The van der Waals surface area contributed by atoms with E-state index in [4.69, 9.17) is 0 Å². The Morgan fingerprint density at radius 2 is 2.18 bits per heavy atom. The molecule has 0 aliphatic heterocycles. The van der Waals surface area contributed by atoms with Crippen molar-refractivity contribution in [3.63, 3.8) is 0 Å². The fourth-order valence-electron chi connectivity index (χ4n) is 0.886. The lowest BCUT2D eigenvalue weighted by Crippen LogP contribution is -1.62. The van der Waals surface area contributed by atoms with Gasteiger partial charge < -0.3 is 0 Å². The second kappa shape index (κ2) is 2.69. The van der Waals surface area contributed by atoms with E-state index in [-0.39, 0.29) is 0 Å². The highest BCUT2D eigenvalue weighted by atomic mass is 79.9. The summed E-state index contributed by atoms with van der Waals surface area (Å²) in [6.07, 6.45) is 0.894. The molecule has 0 fully saturated rings. The first kappa shape index (κ1) is 7.46. The first-order chi connectivity index (χ1) is 5.29. The highest BCUT2D eigenvalue weighted by molar-refractivity contribution is 9.11. The molecule has 2 heterocycles. The maximum absolute atomic E-state index is 10.4. The zero-order valence-electron chi connectivity index (χ0n) is 5.33. The minimum absolute atomic E-state index is 0.804. The molecule has 2 rings (SSSR count). The van der Waals surface area contributed by atoms with Crippen molar-refractivity contribution in [2.24, 2.45) is 0 Å². The van der Waals surface area contributed by atoms with Crippen LogP contribution >= 0.6 is 38.6 Å². The molecule has 0 spiro atoms. The van der Waals surface area contributed by atoms with Crippen LogP contribution in [0, 0.1) is 0 Å². The average molecular weight is 247 g/mol. The quantitative estimate of drug-likeness (QED) is 0.704. The van der Waals surface area contributed by atoms with E-state index >= 15 is 0 Å². The monoisotopic (exact) mass is 246 g/mol. The number of carbonyl (C=O) groups is 1. The van der Waals surface area contributed by atoms with E-state index < -0.39 is 0 Å². The van der Waals surface area contributed by atoms with Gasteiger partial charge >= 0.3 is 0 Å². The molecule has 2 aromatic heterocycles. The van der Waals surface area contributed by atoms with Crippen LogP contribution < -0.4 is 0 Å². The maximum Gasteiger partial charge on any atom is 0.160 e. The van der Waals surface area contributed by atoms with E-state index in [1.807, 2.05) is 12.1 Å². The Balaban J connectivity index is 2.72. The Morgan fingerprint density at radius 3 is 2.82 bits per heavy atom. The number of hydrogen-bond donors (Lipinski definition) is 0. The van der Waals surface area contributed by atoms with Gasteiger partial charge in [0.2, 0.25) is 0 Å². The molecule has 4 heteroatoms. The summed E-state index contributed by atoms with van der Waals surface area (Å²) in [6.45, 7) is 0. The lowest BCUT2D eigenvalue weighted by atomic mass is 10.4. The van der Waals surface area contributed by atoms with Crippen LogP contribution in [-0.2, 0) is 0 Å². The third-order valence-corrected chi connectivity index (χ3v) is 4.14. The van der Waals surface area contributed by atoms with E-state index in [2.05, 4.69) is 15.9 Å². The Morgan fingerprint density at radius 1 is 1.36 bits per heavy atom. The van der Waals surface area contributed by atoms with Crippen LogP contribution in [0.3, 0.4) is 0 Å². The number of hydrogen-bond acceptors (Lipinski definition) is 3. The molecule has 0 bridgehead atoms. The van der Waals surface area contributed by atoms with Crippen LogP contribution in [0.1, 0.15) is 9.67 Å². The van der Waals surface area contributed by atoms with Gasteiger partial charge in [0, 0.05) is 5.39 Å². The molecule has 0 saturated carbocycles. The van der Waals surface area contributed by atoms with Gasteiger partial charge in [0.05, 0.1) is 12.7 Å². The topological polar surface area (TPSA) is 17.1 Å². The van der Waals surface area contributed by atoms with Gasteiger partial charge in [-0.05, 0) is 28.1 Å². The van der Waals surface area contributed by atoms with E-state index in [0.29, 0.717) is 0 Å². The Kier molecular flexibility index (Phi) is 1.83. The summed E-state index contributed by atoms with van der Waals surface area (Å²) in [4.78, 5) is 11.2. The number of rotatable bonds is 1. The Bertz CT molecular complexity index is 370. The van der Waals surface area contributed by atoms with E-state index in [1.165, 1.54) is 15.4 Å². The number of fused-ring (bicyclic) bond motifs is 1. The van der Waals surface area contributed by atoms with Crippen LogP contribution in [0.15, 0.2) is 15.9 Å². The van der Waals surface area contributed by atoms with E-state index in [1.54, 1.807) is 11.3 Å². The van der Waals surface area contributed by atoms with Gasteiger partial charge in [0.1, 0.15) is 0 Å². The lowest BCUT2D eigenvalue weighted by molar-refractivity contribution is 0.112. The van der Waals surface area contributed by atoms with Crippen molar-refractivity contribution in [3.05, 3.63) is 20.8 Å². The molecule has 0 amide bonds. The normalized spacial score (nSPS) is 10.6. The summed E-state index contributed by atoms with van der Waals surface area (Å²) in [5.74, 6) is 0. The molecule has 56 valence electrons. The molecule has 0 unspecified atom stereocenters. The molecule has 0 N–H and O–H groups in total.